The Morgan fingerprint density at radius 2 is 2.07 bits per heavy atom. The summed E-state index contributed by atoms with van der Waals surface area (Å²) in [6, 6.07) is 5.01. The van der Waals surface area contributed by atoms with Crippen LogP contribution in [0.5, 0.6) is 0 Å². The topological polar surface area (TPSA) is 46.2 Å². The van der Waals surface area contributed by atoms with Gasteiger partial charge in [0, 0.05) is 6.54 Å². The van der Waals surface area contributed by atoms with Crippen LogP contribution >= 0.6 is 11.6 Å². The molecule has 0 heterocycles. The molecule has 0 saturated heterocycles. The standard InChI is InChI=1S/C9H12ClNO2S/c1-3-11-14(12,13)9-7(2)5-4-6-8(9)10/h4-6,11H,3H2,1-2H3. The van der Waals surface area contributed by atoms with E-state index in [1.54, 1.807) is 32.0 Å². The fraction of sp³-hybridized carbons (Fsp3) is 0.333. The van der Waals surface area contributed by atoms with E-state index in [-0.39, 0.29) is 9.92 Å². The van der Waals surface area contributed by atoms with Crippen molar-refractivity contribution in [3.05, 3.63) is 28.8 Å². The molecule has 1 rings (SSSR count). The van der Waals surface area contributed by atoms with E-state index < -0.39 is 10.0 Å². The first-order valence-electron chi connectivity index (χ1n) is 4.24. The summed E-state index contributed by atoms with van der Waals surface area (Å²) in [5, 5.41) is 0.256. The zero-order valence-electron chi connectivity index (χ0n) is 8.04. The molecule has 3 nitrogen and oxygen atoms in total. The van der Waals surface area contributed by atoms with Crippen LogP contribution in [0.4, 0.5) is 0 Å². The van der Waals surface area contributed by atoms with Crippen molar-refractivity contribution in [2.24, 2.45) is 0 Å². The Balaban J connectivity index is 3.32. The van der Waals surface area contributed by atoms with E-state index in [2.05, 4.69) is 4.72 Å². The van der Waals surface area contributed by atoms with Crippen LogP contribution < -0.4 is 4.72 Å². The Kier molecular flexibility index (Phi) is 3.53. The van der Waals surface area contributed by atoms with Gasteiger partial charge in [-0.3, -0.25) is 0 Å². The molecule has 1 N–H and O–H groups in total. The second-order valence-electron chi connectivity index (χ2n) is 2.89. The van der Waals surface area contributed by atoms with Crippen LogP contribution in [0.2, 0.25) is 5.02 Å². The molecule has 0 radical (unpaired) electrons. The van der Waals surface area contributed by atoms with Crippen molar-refractivity contribution in [3.8, 4) is 0 Å². The molecule has 0 aromatic heterocycles. The number of halogens is 1. The predicted octanol–water partition coefficient (Wildman–Crippen LogP) is 1.95. The molecule has 0 aliphatic carbocycles. The van der Waals surface area contributed by atoms with Gasteiger partial charge in [0.25, 0.3) is 0 Å². The van der Waals surface area contributed by atoms with Crippen molar-refractivity contribution in [1.29, 1.82) is 0 Å². The molecule has 0 spiro atoms. The second kappa shape index (κ2) is 4.29. The number of benzene rings is 1. The van der Waals surface area contributed by atoms with E-state index in [1.807, 2.05) is 0 Å². The number of aryl methyl sites for hydroxylation is 1. The highest BCUT2D eigenvalue weighted by molar-refractivity contribution is 7.89. The molecule has 1 aromatic rings. The van der Waals surface area contributed by atoms with Gasteiger partial charge in [-0.2, -0.15) is 0 Å². The lowest BCUT2D eigenvalue weighted by atomic mass is 10.2. The van der Waals surface area contributed by atoms with Crippen LogP contribution in [0.15, 0.2) is 23.1 Å². The van der Waals surface area contributed by atoms with E-state index in [0.717, 1.165) is 0 Å². The maximum absolute atomic E-state index is 11.7. The van der Waals surface area contributed by atoms with E-state index in [4.69, 9.17) is 11.6 Å². The SMILES string of the molecule is CCNS(=O)(=O)c1c(C)cccc1Cl. The number of hydrogen-bond donors (Lipinski definition) is 1. The highest BCUT2D eigenvalue weighted by atomic mass is 35.5. The number of nitrogens with one attached hydrogen (secondary N) is 1. The van der Waals surface area contributed by atoms with Crippen LogP contribution in [-0.2, 0) is 10.0 Å². The summed E-state index contributed by atoms with van der Waals surface area (Å²) in [5.41, 5.74) is 0.651. The molecule has 1 aromatic carbocycles. The third-order valence-electron chi connectivity index (χ3n) is 1.77. The molecule has 0 saturated carbocycles. The van der Waals surface area contributed by atoms with Gasteiger partial charge in [-0.15, -0.1) is 0 Å². The molecule has 0 unspecified atom stereocenters. The van der Waals surface area contributed by atoms with Gasteiger partial charge in [0.1, 0.15) is 4.90 Å². The molecule has 14 heavy (non-hydrogen) atoms. The molecule has 5 heteroatoms. The van der Waals surface area contributed by atoms with Crippen molar-refractivity contribution >= 4 is 21.6 Å². The Hall–Kier alpha value is -0.580. The highest BCUT2D eigenvalue weighted by Crippen LogP contribution is 2.24. The molecule has 0 fully saturated rings. The summed E-state index contributed by atoms with van der Waals surface area (Å²) in [4.78, 5) is 0.170. The lowest BCUT2D eigenvalue weighted by Gasteiger charge is -2.08. The Labute approximate surface area is 89.1 Å². The van der Waals surface area contributed by atoms with Gasteiger partial charge in [0.05, 0.1) is 5.02 Å². The van der Waals surface area contributed by atoms with E-state index >= 15 is 0 Å². The van der Waals surface area contributed by atoms with Crippen molar-refractivity contribution in [2.75, 3.05) is 6.54 Å². The smallest absolute Gasteiger partial charge is 0.211 e. The number of rotatable bonds is 3. The fourth-order valence-corrected chi connectivity index (χ4v) is 3.09. The molecule has 78 valence electrons. The van der Waals surface area contributed by atoms with Crippen molar-refractivity contribution in [3.63, 3.8) is 0 Å². The molecule has 0 amide bonds. The van der Waals surface area contributed by atoms with Crippen molar-refractivity contribution in [2.45, 2.75) is 18.7 Å². The number of hydrogen-bond acceptors (Lipinski definition) is 2. The quantitative estimate of drug-likeness (QED) is 0.868. The summed E-state index contributed by atoms with van der Waals surface area (Å²) in [7, 11) is -3.45. The average molecular weight is 234 g/mol. The minimum atomic E-state index is -3.45. The highest BCUT2D eigenvalue weighted by Gasteiger charge is 2.18. The van der Waals surface area contributed by atoms with Crippen molar-refractivity contribution < 1.29 is 8.42 Å². The minimum absolute atomic E-state index is 0.170. The fourth-order valence-electron chi connectivity index (χ4n) is 1.22. The summed E-state index contributed by atoms with van der Waals surface area (Å²) in [5.74, 6) is 0. The maximum Gasteiger partial charge on any atom is 0.242 e. The minimum Gasteiger partial charge on any atom is -0.211 e. The summed E-state index contributed by atoms with van der Waals surface area (Å²) < 4.78 is 25.8. The molecule has 0 bridgehead atoms. The van der Waals surface area contributed by atoms with Gasteiger partial charge in [0.2, 0.25) is 10.0 Å². The van der Waals surface area contributed by atoms with E-state index in [9.17, 15) is 8.42 Å². The lowest BCUT2D eigenvalue weighted by Crippen LogP contribution is -2.24. The second-order valence-corrected chi connectivity index (χ2v) is 5.00. The Morgan fingerprint density at radius 1 is 1.43 bits per heavy atom. The van der Waals surface area contributed by atoms with Crippen LogP contribution in [0, 0.1) is 6.92 Å². The van der Waals surface area contributed by atoms with Gasteiger partial charge >= 0.3 is 0 Å². The van der Waals surface area contributed by atoms with Gasteiger partial charge in [-0.05, 0) is 18.6 Å². The van der Waals surface area contributed by atoms with Gasteiger partial charge in [0.15, 0.2) is 0 Å². The van der Waals surface area contributed by atoms with Gasteiger partial charge < -0.3 is 0 Å². The van der Waals surface area contributed by atoms with E-state index in [0.29, 0.717) is 12.1 Å². The normalized spacial score (nSPS) is 11.6. The Bertz CT molecular complexity index is 408. The molecule has 0 aliphatic rings. The first-order chi connectivity index (χ1) is 6.49. The molecular formula is C9H12ClNO2S. The number of sulfonamides is 1. The van der Waals surface area contributed by atoms with Crippen LogP contribution in [0.3, 0.4) is 0 Å². The summed E-state index contributed by atoms with van der Waals surface area (Å²) >= 11 is 5.83. The summed E-state index contributed by atoms with van der Waals surface area (Å²) in [6.45, 7) is 3.80. The van der Waals surface area contributed by atoms with Gasteiger partial charge in [-0.1, -0.05) is 30.7 Å². The monoisotopic (exact) mass is 233 g/mol. The maximum atomic E-state index is 11.7. The first kappa shape index (κ1) is 11.5. The van der Waals surface area contributed by atoms with Crippen molar-refractivity contribution in [1.82, 2.24) is 4.72 Å². The molecular weight excluding hydrogens is 222 g/mol. The Morgan fingerprint density at radius 3 is 2.57 bits per heavy atom. The summed E-state index contributed by atoms with van der Waals surface area (Å²) in [6.07, 6.45) is 0. The first-order valence-corrected chi connectivity index (χ1v) is 6.10. The van der Waals surface area contributed by atoms with Crippen LogP contribution in [0.25, 0.3) is 0 Å². The molecule has 0 atom stereocenters. The van der Waals surface area contributed by atoms with Crippen LogP contribution in [-0.4, -0.2) is 15.0 Å². The largest absolute Gasteiger partial charge is 0.242 e. The lowest BCUT2D eigenvalue weighted by molar-refractivity contribution is 0.583. The van der Waals surface area contributed by atoms with Crippen LogP contribution in [0.1, 0.15) is 12.5 Å². The van der Waals surface area contributed by atoms with E-state index in [1.165, 1.54) is 0 Å². The zero-order chi connectivity index (χ0) is 10.8. The molecule has 0 aliphatic heterocycles. The average Bonchev–Trinajstić information content (AvgIpc) is 2.02. The van der Waals surface area contributed by atoms with Gasteiger partial charge in [-0.25, -0.2) is 13.1 Å². The third-order valence-corrected chi connectivity index (χ3v) is 3.94. The third kappa shape index (κ3) is 2.26. The predicted molar refractivity (Wildman–Crippen MR) is 57.1 cm³/mol. The zero-order valence-corrected chi connectivity index (χ0v) is 9.61.